The maximum atomic E-state index is 9.92. The molecule has 15 heavy (non-hydrogen) atoms. The Hall–Kier alpha value is -0.410. The number of rotatable bonds is 7. The van der Waals surface area contributed by atoms with E-state index in [-0.39, 0.29) is 6.10 Å². The Morgan fingerprint density at radius 1 is 1.33 bits per heavy atom. The first-order chi connectivity index (χ1) is 7.25. The molecule has 3 heteroatoms. The molecule has 86 valence electrons. The van der Waals surface area contributed by atoms with E-state index in [4.69, 9.17) is 0 Å². The first-order valence-corrected chi connectivity index (χ1v) is 6.71. The van der Waals surface area contributed by atoms with Crippen molar-refractivity contribution >= 4 is 11.3 Å². The van der Waals surface area contributed by atoms with Crippen LogP contribution >= 0.6 is 11.3 Å². The van der Waals surface area contributed by atoms with E-state index in [2.05, 4.69) is 11.9 Å². The fourth-order valence-corrected chi connectivity index (χ4v) is 2.53. The molecular formula is C12H21NOS. The number of unbranched alkanes of at least 4 members (excludes halogenated alkanes) is 4. The summed E-state index contributed by atoms with van der Waals surface area (Å²) >= 11 is 1.56. The number of hydrogen-bond donors (Lipinski definition) is 1. The van der Waals surface area contributed by atoms with Gasteiger partial charge in [-0.15, -0.1) is 11.3 Å². The number of aromatic nitrogens is 1. The average molecular weight is 227 g/mol. The molecule has 1 heterocycles. The van der Waals surface area contributed by atoms with E-state index < -0.39 is 0 Å². The lowest BCUT2D eigenvalue weighted by molar-refractivity contribution is 0.166. The average Bonchev–Trinajstić information content (AvgIpc) is 2.64. The number of aryl methyl sites for hydroxylation is 1. The maximum absolute atomic E-state index is 9.92. The molecule has 2 nitrogen and oxygen atoms in total. The van der Waals surface area contributed by atoms with Gasteiger partial charge in [-0.05, 0) is 13.3 Å². The number of nitrogens with zero attached hydrogens (tertiary/aromatic N) is 1. The van der Waals surface area contributed by atoms with Gasteiger partial charge in [-0.3, -0.25) is 0 Å². The van der Waals surface area contributed by atoms with Gasteiger partial charge in [0.2, 0.25) is 0 Å². The van der Waals surface area contributed by atoms with Crippen LogP contribution in [-0.2, 0) is 0 Å². The second-order valence-electron chi connectivity index (χ2n) is 4.02. The van der Waals surface area contributed by atoms with Gasteiger partial charge in [0.1, 0.15) is 0 Å². The van der Waals surface area contributed by atoms with Crippen LogP contribution < -0.4 is 0 Å². The van der Waals surface area contributed by atoms with Gasteiger partial charge >= 0.3 is 0 Å². The van der Waals surface area contributed by atoms with Crippen molar-refractivity contribution in [3.63, 3.8) is 0 Å². The summed E-state index contributed by atoms with van der Waals surface area (Å²) in [6.07, 6.45) is 6.84. The molecular weight excluding hydrogens is 206 g/mol. The highest BCUT2D eigenvalue weighted by molar-refractivity contribution is 7.09. The van der Waals surface area contributed by atoms with Crippen LogP contribution in [0.4, 0.5) is 0 Å². The van der Waals surface area contributed by atoms with Crippen LogP contribution in [0, 0.1) is 6.92 Å². The summed E-state index contributed by atoms with van der Waals surface area (Å²) in [5, 5.41) is 9.92. The molecule has 0 spiro atoms. The molecule has 0 bridgehead atoms. The summed E-state index contributed by atoms with van der Waals surface area (Å²) in [4.78, 5) is 5.20. The summed E-state index contributed by atoms with van der Waals surface area (Å²) in [5.41, 5.74) is 2.80. The van der Waals surface area contributed by atoms with Crippen LogP contribution in [0.5, 0.6) is 0 Å². The minimum Gasteiger partial charge on any atom is -0.388 e. The first-order valence-electron chi connectivity index (χ1n) is 5.83. The standard InChI is InChI=1S/C12H21NOS/c1-3-4-5-6-7-8-11(14)12-10(2)13-9-15-12/h9,11,14H,3-8H2,1-2H3. The Morgan fingerprint density at radius 2 is 2.07 bits per heavy atom. The van der Waals surface area contributed by atoms with E-state index >= 15 is 0 Å². The number of hydrogen-bond acceptors (Lipinski definition) is 3. The normalized spacial score (nSPS) is 13.0. The van der Waals surface area contributed by atoms with Crippen molar-refractivity contribution in [2.45, 2.75) is 58.5 Å². The molecule has 0 aliphatic rings. The third-order valence-corrected chi connectivity index (χ3v) is 3.70. The van der Waals surface area contributed by atoms with E-state index in [1.165, 1.54) is 25.7 Å². The topological polar surface area (TPSA) is 33.1 Å². The molecule has 1 unspecified atom stereocenters. The van der Waals surface area contributed by atoms with Gasteiger partial charge in [-0.2, -0.15) is 0 Å². The summed E-state index contributed by atoms with van der Waals surface area (Å²) in [6, 6.07) is 0. The summed E-state index contributed by atoms with van der Waals surface area (Å²) < 4.78 is 0. The summed E-state index contributed by atoms with van der Waals surface area (Å²) in [7, 11) is 0. The monoisotopic (exact) mass is 227 g/mol. The van der Waals surface area contributed by atoms with E-state index in [1.807, 2.05) is 12.4 Å². The molecule has 1 N–H and O–H groups in total. The quantitative estimate of drug-likeness (QED) is 0.718. The van der Waals surface area contributed by atoms with Crippen molar-refractivity contribution in [2.24, 2.45) is 0 Å². The van der Waals surface area contributed by atoms with Gasteiger partial charge in [0, 0.05) is 0 Å². The van der Waals surface area contributed by atoms with Crippen molar-refractivity contribution in [1.29, 1.82) is 0 Å². The second-order valence-corrected chi connectivity index (χ2v) is 4.91. The molecule has 1 rings (SSSR count). The van der Waals surface area contributed by atoms with E-state index in [9.17, 15) is 5.11 Å². The number of aliphatic hydroxyl groups is 1. The lowest BCUT2D eigenvalue weighted by atomic mass is 10.1. The van der Waals surface area contributed by atoms with Crippen LogP contribution in [-0.4, -0.2) is 10.1 Å². The molecule has 0 radical (unpaired) electrons. The SMILES string of the molecule is CCCCCCCC(O)c1scnc1C. The lowest BCUT2D eigenvalue weighted by Crippen LogP contribution is -1.96. The van der Waals surface area contributed by atoms with Gasteiger partial charge in [-0.1, -0.05) is 39.0 Å². The third kappa shape index (κ3) is 4.31. The predicted octanol–water partition coefficient (Wildman–Crippen LogP) is 3.85. The minimum atomic E-state index is -0.292. The zero-order valence-corrected chi connectivity index (χ0v) is 10.5. The van der Waals surface area contributed by atoms with Crippen LogP contribution in [0.3, 0.4) is 0 Å². The highest BCUT2D eigenvalue weighted by Crippen LogP contribution is 2.25. The second kappa shape index (κ2) is 6.96. The van der Waals surface area contributed by atoms with Crippen LogP contribution in [0.15, 0.2) is 5.51 Å². The zero-order chi connectivity index (χ0) is 11.1. The highest BCUT2D eigenvalue weighted by atomic mass is 32.1. The minimum absolute atomic E-state index is 0.292. The van der Waals surface area contributed by atoms with Crippen LogP contribution in [0.2, 0.25) is 0 Å². The van der Waals surface area contributed by atoms with Crippen molar-refractivity contribution in [2.75, 3.05) is 0 Å². The maximum Gasteiger partial charge on any atom is 0.0900 e. The molecule has 1 aromatic rings. The Balaban J connectivity index is 2.19. The molecule has 0 amide bonds. The fraction of sp³-hybridized carbons (Fsp3) is 0.750. The number of thiazole rings is 1. The third-order valence-electron chi connectivity index (χ3n) is 2.67. The van der Waals surface area contributed by atoms with E-state index in [0.29, 0.717) is 0 Å². The van der Waals surface area contributed by atoms with Crippen LogP contribution in [0.25, 0.3) is 0 Å². The summed E-state index contributed by atoms with van der Waals surface area (Å²) in [5.74, 6) is 0. The largest absolute Gasteiger partial charge is 0.388 e. The van der Waals surface area contributed by atoms with Gasteiger partial charge < -0.3 is 5.11 Å². The molecule has 0 aromatic carbocycles. The van der Waals surface area contributed by atoms with Gasteiger partial charge in [-0.25, -0.2) is 4.98 Å². The predicted molar refractivity (Wildman–Crippen MR) is 65.2 cm³/mol. The Bertz CT molecular complexity index is 272. The van der Waals surface area contributed by atoms with Crippen molar-refractivity contribution in [3.05, 3.63) is 16.1 Å². The molecule has 0 aliphatic carbocycles. The Morgan fingerprint density at radius 3 is 2.67 bits per heavy atom. The molecule has 0 saturated carbocycles. The number of aliphatic hydroxyl groups excluding tert-OH is 1. The smallest absolute Gasteiger partial charge is 0.0900 e. The fourth-order valence-electron chi connectivity index (χ4n) is 1.70. The molecule has 0 saturated heterocycles. The molecule has 1 aromatic heterocycles. The molecule has 1 atom stereocenters. The van der Waals surface area contributed by atoms with Crippen molar-refractivity contribution in [1.82, 2.24) is 4.98 Å². The van der Waals surface area contributed by atoms with Crippen molar-refractivity contribution in [3.8, 4) is 0 Å². The molecule has 0 aliphatic heterocycles. The van der Waals surface area contributed by atoms with E-state index in [1.54, 1.807) is 11.3 Å². The van der Waals surface area contributed by atoms with E-state index in [0.717, 1.165) is 23.4 Å². The first kappa shape index (κ1) is 12.7. The van der Waals surface area contributed by atoms with Crippen LogP contribution in [0.1, 0.15) is 62.1 Å². The zero-order valence-electron chi connectivity index (χ0n) is 9.70. The van der Waals surface area contributed by atoms with Gasteiger partial charge in [0.15, 0.2) is 0 Å². The Kier molecular flexibility index (Phi) is 5.88. The van der Waals surface area contributed by atoms with Gasteiger partial charge in [0.05, 0.1) is 22.2 Å². The Labute approximate surface area is 96.4 Å². The highest BCUT2D eigenvalue weighted by Gasteiger charge is 2.11. The van der Waals surface area contributed by atoms with Gasteiger partial charge in [0.25, 0.3) is 0 Å². The lowest BCUT2D eigenvalue weighted by Gasteiger charge is -2.08. The summed E-state index contributed by atoms with van der Waals surface area (Å²) in [6.45, 7) is 4.18. The molecule has 0 fully saturated rings. The van der Waals surface area contributed by atoms with Crippen molar-refractivity contribution < 1.29 is 5.11 Å².